The lowest BCUT2D eigenvalue weighted by molar-refractivity contribution is -0.137. The van der Waals surface area contributed by atoms with E-state index in [1.165, 1.54) is 0 Å². The number of carbonyl (C=O) groups excluding carboxylic acids is 3. The Balaban J connectivity index is 4.16. The monoisotopic (exact) mass is 298 g/mol. The van der Waals surface area contributed by atoms with Gasteiger partial charge in [-0.2, -0.15) is 0 Å². The van der Waals surface area contributed by atoms with Gasteiger partial charge in [-0.25, -0.2) is 0 Å². The van der Waals surface area contributed by atoms with Crippen LogP contribution in [0.25, 0.3) is 0 Å². The zero-order chi connectivity index (χ0) is 16.4. The zero-order valence-electron chi connectivity index (χ0n) is 14.0. The van der Waals surface area contributed by atoms with Crippen LogP contribution < -0.4 is 5.32 Å². The van der Waals surface area contributed by atoms with Crippen LogP contribution in [0.15, 0.2) is 0 Å². The molecule has 122 valence electrons. The van der Waals surface area contributed by atoms with Crippen LogP contribution in [0.4, 0.5) is 0 Å². The normalized spacial score (nSPS) is 12.3. The molecule has 1 atom stereocenters. The Labute approximate surface area is 128 Å². The molecule has 0 rings (SSSR count). The van der Waals surface area contributed by atoms with E-state index in [1.54, 1.807) is 11.9 Å². The van der Waals surface area contributed by atoms with Crippen molar-refractivity contribution in [2.24, 2.45) is 17.8 Å². The molecule has 1 unspecified atom stereocenters. The Kier molecular flexibility index (Phi) is 9.67. The first kappa shape index (κ1) is 19.6. The molecule has 0 radical (unpaired) electrons. The van der Waals surface area contributed by atoms with E-state index in [9.17, 15) is 14.4 Å². The third-order valence-corrected chi connectivity index (χ3v) is 3.57. The average molecular weight is 298 g/mol. The number of nitrogens with zero attached hydrogens (tertiary/aromatic N) is 1. The first-order chi connectivity index (χ1) is 9.79. The Bertz CT molecular complexity index is 340. The van der Waals surface area contributed by atoms with Crippen molar-refractivity contribution in [1.29, 1.82) is 0 Å². The van der Waals surface area contributed by atoms with Gasteiger partial charge in [0.2, 0.25) is 11.8 Å². The van der Waals surface area contributed by atoms with Gasteiger partial charge < -0.3 is 15.0 Å². The number of rotatable bonds is 10. The fraction of sp³-hybridized carbons (Fsp3) is 0.812. The van der Waals surface area contributed by atoms with E-state index in [-0.39, 0.29) is 30.1 Å². The molecule has 21 heavy (non-hydrogen) atoms. The van der Waals surface area contributed by atoms with E-state index in [1.807, 2.05) is 13.8 Å². The van der Waals surface area contributed by atoms with E-state index < -0.39 is 0 Å². The van der Waals surface area contributed by atoms with Gasteiger partial charge in [0.15, 0.2) is 0 Å². The highest BCUT2D eigenvalue weighted by Crippen LogP contribution is 2.16. The smallest absolute Gasteiger partial charge is 0.226 e. The van der Waals surface area contributed by atoms with Crippen LogP contribution in [0.3, 0.4) is 0 Å². The lowest BCUT2D eigenvalue weighted by atomic mass is 9.92. The van der Waals surface area contributed by atoms with Crippen molar-refractivity contribution in [3.63, 3.8) is 0 Å². The fourth-order valence-electron chi connectivity index (χ4n) is 2.01. The lowest BCUT2D eigenvalue weighted by Gasteiger charge is -2.24. The predicted octanol–water partition coefficient (Wildman–Crippen LogP) is 1.86. The summed E-state index contributed by atoms with van der Waals surface area (Å²) in [5.74, 6) is 0.282. The number of amides is 2. The topological polar surface area (TPSA) is 66.5 Å². The second-order valence-corrected chi connectivity index (χ2v) is 6.30. The zero-order valence-corrected chi connectivity index (χ0v) is 14.0. The fourth-order valence-corrected chi connectivity index (χ4v) is 2.01. The molecule has 0 aromatic heterocycles. The molecule has 1 N–H and O–H groups in total. The van der Waals surface area contributed by atoms with Gasteiger partial charge in [0.05, 0.1) is 0 Å². The summed E-state index contributed by atoms with van der Waals surface area (Å²) in [5.41, 5.74) is 0. The second kappa shape index (κ2) is 10.4. The largest absolute Gasteiger partial charge is 0.356 e. The lowest BCUT2D eigenvalue weighted by Crippen LogP contribution is -2.38. The minimum Gasteiger partial charge on any atom is -0.356 e. The summed E-state index contributed by atoms with van der Waals surface area (Å²) in [4.78, 5) is 36.1. The molecule has 0 aliphatic carbocycles. The maximum absolute atomic E-state index is 12.2. The van der Waals surface area contributed by atoms with Gasteiger partial charge in [0, 0.05) is 38.9 Å². The summed E-state index contributed by atoms with van der Waals surface area (Å²) in [6, 6.07) is 0. The van der Waals surface area contributed by atoms with E-state index >= 15 is 0 Å². The maximum atomic E-state index is 12.2. The van der Waals surface area contributed by atoms with Crippen molar-refractivity contribution in [3.05, 3.63) is 0 Å². The minimum absolute atomic E-state index is 0.0354. The quantitative estimate of drug-likeness (QED) is 0.626. The Morgan fingerprint density at radius 1 is 1.19 bits per heavy atom. The highest BCUT2D eigenvalue weighted by Gasteiger charge is 2.24. The second-order valence-electron chi connectivity index (χ2n) is 6.30. The minimum atomic E-state index is -0.295. The molecule has 0 aliphatic rings. The van der Waals surface area contributed by atoms with Crippen LogP contribution in [0.2, 0.25) is 0 Å². The summed E-state index contributed by atoms with van der Waals surface area (Å²) >= 11 is 0. The van der Waals surface area contributed by atoms with Gasteiger partial charge in [-0.15, -0.1) is 0 Å². The summed E-state index contributed by atoms with van der Waals surface area (Å²) < 4.78 is 0. The van der Waals surface area contributed by atoms with Crippen LogP contribution in [-0.2, 0) is 14.4 Å². The molecule has 0 saturated carbocycles. The van der Waals surface area contributed by atoms with Gasteiger partial charge in [-0.1, -0.05) is 27.7 Å². The van der Waals surface area contributed by atoms with Crippen LogP contribution >= 0.6 is 0 Å². The van der Waals surface area contributed by atoms with E-state index in [4.69, 9.17) is 0 Å². The molecular formula is C16H30N2O3. The highest BCUT2D eigenvalue weighted by molar-refractivity contribution is 5.82. The number of carbonyl (C=O) groups is 3. The molecule has 0 bridgehead atoms. The van der Waals surface area contributed by atoms with Crippen LogP contribution in [-0.4, -0.2) is 43.1 Å². The standard InChI is InChI=1S/C16H30N2O3/c1-12(2)6-9-17-15(20)7-10-18(5)16(21)14(8-11-19)13(3)4/h11-14H,6-10H2,1-5H3,(H,17,20). The third-order valence-electron chi connectivity index (χ3n) is 3.57. The maximum Gasteiger partial charge on any atom is 0.226 e. The Morgan fingerprint density at radius 3 is 2.29 bits per heavy atom. The number of aldehydes is 1. The first-order valence-corrected chi connectivity index (χ1v) is 7.74. The number of hydrogen-bond acceptors (Lipinski definition) is 3. The number of nitrogens with one attached hydrogen (secondary N) is 1. The average Bonchev–Trinajstić information content (AvgIpc) is 2.40. The van der Waals surface area contributed by atoms with Crippen LogP contribution in [0.5, 0.6) is 0 Å². The molecule has 0 fully saturated rings. The summed E-state index contributed by atoms with van der Waals surface area (Å²) in [7, 11) is 1.68. The Morgan fingerprint density at radius 2 is 1.81 bits per heavy atom. The Hall–Kier alpha value is -1.39. The molecule has 0 aromatic rings. The van der Waals surface area contributed by atoms with Crippen LogP contribution in [0, 0.1) is 17.8 Å². The van der Waals surface area contributed by atoms with Crippen molar-refractivity contribution in [2.45, 2.75) is 47.0 Å². The summed E-state index contributed by atoms with van der Waals surface area (Å²) in [6.45, 7) is 9.13. The molecule has 2 amide bonds. The predicted molar refractivity (Wildman–Crippen MR) is 83.7 cm³/mol. The molecule has 0 spiro atoms. The molecule has 0 aliphatic heterocycles. The highest BCUT2D eigenvalue weighted by atomic mass is 16.2. The first-order valence-electron chi connectivity index (χ1n) is 7.74. The molecule has 5 nitrogen and oxygen atoms in total. The van der Waals surface area contributed by atoms with Crippen molar-refractivity contribution in [2.75, 3.05) is 20.1 Å². The van der Waals surface area contributed by atoms with Crippen LogP contribution in [0.1, 0.15) is 47.0 Å². The molecule has 0 heterocycles. The van der Waals surface area contributed by atoms with Crippen molar-refractivity contribution < 1.29 is 14.4 Å². The van der Waals surface area contributed by atoms with Gasteiger partial charge >= 0.3 is 0 Å². The summed E-state index contributed by atoms with van der Waals surface area (Å²) in [6.07, 6.45) is 2.28. The third kappa shape index (κ3) is 8.48. The molecule has 0 saturated heterocycles. The van der Waals surface area contributed by atoms with Crippen molar-refractivity contribution in [1.82, 2.24) is 10.2 Å². The summed E-state index contributed by atoms with van der Waals surface area (Å²) in [5, 5.41) is 2.85. The van der Waals surface area contributed by atoms with Gasteiger partial charge in [0.1, 0.15) is 6.29 Å². The van der Waals surface area contributed by atoms with Gasteiger partial charge in [-0.05, 0) is 18.3 Å². The molecule has 5 heteroatoms. The molecular weight excluding hydrogens is 268 g/mol. The van der Waals surface area contributed by atoms with E-state index in [0.717, 1.165) is 12.7 Å². The van der Waals surface area contributed by atoms with Crippen molar-refractivity contribution >= 4 is 18.1 Å². The van der Waals surface area contributed by atoms with E-state index in [0.29, 0.717) is 25.4 Å². The van der Waals surface area contributed by atoms with Crippen molar-refractivity contribution in [3.8, 4) is 0 Å². The number of hydrogen-bond donors (Lipinski definition) is 1. The SMILES string of the molecule is CC(C)CCNC(=O)CCN(C)C(=O)C(CC=O)C(C)C. The van der Waals surface area contributed by atoms with E-state index in [2.05, 4.69) is 19.2 Å². The van der Waals surface area contributed by atoms with Gasteiger partial charge in [-0.3, -0.25) is 9.59 Å². The van der Waals surface area contributed by atoms with Gasteiger partial charge in [0.25, 0.3) is 0 Å². The molecule has 0 aromatic carbocycles.